The van der Waals surface area contributed by atoms with E-state index in [1.54, 1.807) is 12.1 Å². The Morgan fingerprint density at radius 3 is 2.53 bits per heavy atom. The molecule has 0 aromatic heterocycles. The maximum Gasteiger partial charge on any atom is 0.144 e. The summed E-state index contributed by atoms with van der Waals surface area (Å²) in [6.07, 6.45) is 0.766. The monoisotopic (exact) mass is 255 g/mol. The summed E-state index contributed by atoms with van der Waals surface area (Å²) < 4.78 is 18.8. The van der Waals surface area contributed by atoms with Gasteiger partial charge in [-0.3, -0.25) is 0 Å². The fourth-order valence-electron chi connectivity index (χ4n) is 1.72. The van der Waals surface area contributed by atoms with Gasteiger partial charge in [-0.05, 0) is 24.6 Å². The number of hydrogen-bond acceptors (Lipinski definition) is 2. The first kappa shape index (κ1) is 13.1. The topological polar surface area (TPSA) is 33.0 Å². The van der Waals surface area contributed by atoms with Gasteiger partial charge in [0.1, 0.15) is 17.6 Å². The average Bonchev–Trinajstić information content (AvgIpc) is 2.41. The lowest BCUT2D eigenvalue weighted by atomic mass is 10.1. The van der Waals surface area contributed by atoms with E-state index in [1.807, 2.05) is 6.92 Å². The highest BCUT2D eigenvalue weighted by Gasteiger charge is 2.03. The highest BCUT2D eigenvalue weighted by atomic mass is 19.1. The zero-order valence-corrected chi connectivity index (χ0v) is 10.7. The van der Waals surface area contributed by atoms with Crippen LogP contribution in [0.25, 0.3) is 0 Å². The minimum atomic E-state index is -0.546. The Hall–Kier alpha value is -2.34. The van der Waals surface area contributed by atoms with Crippen molar-refractivity contribution in [2.45, 2.75) is 13.3 Å². The summed E-state index contributed by atoms with van der Waals surface area (Å²) in [4.78, 5) is 0. The van der Waals surface area contributed by atoms with Gasteiger partial charge in [0.2, 0.25) is 0 Å². The molecule has 2 rings (SSSR count). The molecule has 0 heterocycles. The van der Waals surface area contributed by atoms with Crippen LogP contribution in [0.4, 0.5) is 4.39 Å². The number of rotatable bonds is 4. The molecular weight excluding hydrogens is 241 g/mol. The largest absolute Gasteiger partial charge is 0.493 e. The molecule has 0 aliphatic carbocycles. The molecular formula is C16H14FNO. The number of nitrogens with zero attached hydrogens (tertiary/aromatic N) is 1. The van der Waals surface area contributed by atoms with Gasteiger partial charge in [0.15, 0.2) is 0 Å². The lowest BCUT2D eigenvalue weighted by molar-refractivity contribution is 0.320. The molecule has 0 aliphatic heterocycles. The smallest absolute Gasteiger partial charge is 0.144 e. The third-order valence-corrected chi connectivity index (χ3v) is 2.84. The Labute approximate surface area is 112 Å². The quantitative estimate of drug-likeness (QED) is 0.835. The normalized spacial score (nSPS) is 9.95. The van der Waals surface area contributed by atoms with Gasteiger partial charge in [-0.1, -0.05) is 29.8 Å². The van der Waals surface area contributed by atoms with Gasteiger partial charge in [0.25, 0.3) is 0 Å². The van der Waals surface area contributed by atoms with Crippen LogP contribution in [0, 0.1) is 24.1 Å². The minimum absolute atomic E-state index is 0.0332. The van der Waals surface area contributed by atoms with E-state index in [4.69, 9.17) is 10.00 Å². The van der Waals surface area contributed by atoms with Gasteiger partial charge < -0.3 is 4.74 Å². The van der Waals surface area contributed by atoms with Crippen LogP contribution in [0.5, 0.6) is 5.75 Å². The van der Waals surface area contributed by atoms with Crippen LogP contribution in [0.3, 0.4) is 0 Å². The molecule has 0 atom stereocenters. The zero-order chi connectivity index (χ0) is 13.7. The zero-order valence-electron chi connectivity index (χ0n) is 10.7. The number of nitriles is 1. The predicted octanol–water partition coefficient (Wildman–Crippen LogP) is 3.63. The second-order valence-electron chi connectivity index (χ2n) is 4.34. The summed E-state index contributed by atoms with van der Waals surface area (Å²) in [7, 11) is 0. The van der Waals surface area contributed by atoms with E-state index in [1.165, 1.54) is 23.3 Å². The third kappa shape index (κ3) is 3.56. The second-order valence-corrected chi connectivity index (χ2v) is 4.34. The molecule has 96 valence electrons. The highest BCUT2D eigenvalue weighted by molar-refractivity contribution is 5.36. The van der Waals surface area contributed by atoms with Crippen molar-refractivity contribution in [2.75, 3.05) is 6.61 Å². The van der Waals surface area contributed by atoms with Crippen LogP contribution >= 0.6 is 0 Å². The fraction of sp³-hybridized carbons (Fsp3) is 0.188. The van der Waals surface area contributed by atoms with Crippen molar-refractivity contribution in [3.8, 4) is 11.8 Å². The number of benzene rings is 2. The number of halogens is 1. The first-order chi connectivity index (χ1) is 9.19. The van der Waals surface area contributed by atoms with Crippen LogP contribution < -0.4 is 4.74 Å². The van der Waals surface area contributed by atoms with Crippen LogP contribution in [0.15, 0.2) is 42.5 Å². The molecule has 3 heteroatoms. The minimum Gasteiger partial charge on any atom is -0.493 e. The summed E-state index contributed by atoms with van der Waals surface area (Å²) >= 11 is 0. The molecule has 0 bridgehead atoms. The standard InChI is InChI=1S/C16H14FNO/c1-12-2-4-13(5-3-12)8-9-19-15-7-6-14(11-18)16(17)10-15/h2-7,10H,8-9H2,1H3. The Morgan fingerprint density at radius 2 is 1.89 bits per heavy atom. The highest BCUT2D eigenvalue weighted by Crippen LogP contribution is 2.16. The summed E-state index contributed by atoms with van der Waals surface area (Å²) in [6, 6.07) is 14.3. The predicted molar refractivity (Wildman–Crippen MR) is 71.5 cm³/mol. The molecule has 0 unspecified atom stereocenters. The van der Waals surface area contributed by atoms with Gasteiger partial charge in [0.05, 0.1) is 12.2 Å². The summed E-state index contributed by atoms with van der Waals surface area (Å²) in [5, 5.41) is 8.63. The Bertz CT molecular complexity index is 599. The Balaban J connectivity index is 1.91. The number of aryl methyl sites for hydroxylation is 1. The molecule has 0 radical (unpaired) electrons. The van der Waals surface area contributed by atoms with Gasteiger partial charge in [-0.15, -0.1) is 0 Å². The van der Waals surface area contributed by atoms with Crippen LogP contribution in [-0.4, -0.2) is 6.61 Å². The van der Waals surface area contributed by atoms with Gasteiger partial charge in [-0.25, -0.2) is 4.39 Å². The van der Waals surface area contributed by atoms with Crippen molar-refractivity contribution in [1.29, 1.82) is 5.26 Å². The first-order valence-corrected chi connectivity index (χ1v) is 6.07. The number of hydrogen-bond donors (Lipinski definition) is 0. The fourth-order valence-corrected chi connectivity index (χ4v) is 1.72. The van der Waals surface area contributed by atoms with E-state index in [-0.39, 0.29) is 5.56 Å². The molecule has 0 N–H and O–H groups in total. The molecule has 0 spiro atoms. The molecule has 19 heavy (non-hydrogen) atoms. The number of ether oxygens (including phenoxy) is 1. The molecule has 2 aromatic carbocycles. The maximum absolute atomic E-state index is 13.3. The van der Waals surface area contributed by atoms with Gasteiger partial charge in [0, 0.05) is 12.5 Å². The van der Waals surface area contributed by atoms with Crippen molar-refractivity contribution in [2.24, 2.45) is 0 Å². The molecule has 2 aromatic rings. The van der Waals surface area contributed by atoms with E-state index in [0.717, 1.165) is 6.42 Å². The van der Waals surface area contributed by atoms with E-state index < -0.39 is 5.82 Å². The van der Waals surface area contributed by atoms with Crippen molar-refractivity contribution >= 4 is 0 Å². The summed E-state index contributed by atoms with van der Waals surface area (Å²) in [5.74, 6) is -0.0982. The van der Waals surface area contributed by atoms with Crippen LogP contribution in [-0.2, 0) is 6.42 Å². The lowest BCUT2D eigenvalue weighted by Crippen LogP contribution is -2.01. The van der Waals surface area contributed by atoms with E-state index >= 15 is 0 Å². The van der Waals surface area contributed by atoms with Crippen molar-refractivity contribution < 1.29 is 9.13 Å². The maximum atomic E-state index is 13.3. The first-order valence-electron chi connectivity index (χ1n) is 6.07. The summed E-state index contributed by atoms with van der Waals surface area (Å²) in [6.45, 7) is 2.52. The molecule has 0 fully saturated rings. The van der Waals surface area contributed by atoms with E-state index in [9.17, 15) is 4.39 Å². The molecule has 2 nitrogen and oxygen atoms in total. The molecule has 0 saturated carbocycles. The van der Waals surface area contributed by atoms with Gasteiger partial charge >= 0.3 is 0 Å². The molecule has 0 amide bonds. The molecule has 0 saturated heterocycles. The van der Waals surface area contributed by atoms with Crippen molar-refractivity contribution in [1.82, 2.24) is 0 Å². The SMILES string of the molecule is Cc1ccc(CCOc2ccc(C#N)c(F)c2)cc1. The molecule has 0 aliphatic rings. The average molecular weight is 255 g/mol. The van der Waals surface area contributed by atoms with Crippen LogP contribution in [0.2, 0.25) is 0 Å². The van der Waals surface area contributed by atoms with Crippen molar-refractivity contribution in [3.63, 3.8) is 0 Å². The van der Waals surface area contributed by atoms with Gasteiger partial charge in [-0.2, -0.15) is 5.26 Å². The Kier molecular flexibility index (Phi) is 4.15. The summed E-state index contributed by atoms with van der Waals surface area (Å²) in [5.41, 5.74) is 2.43. The van der Waals surface area contributed by atoms with E-state index in [2.05, 4.69) is 24.3 Å². The van der Waals surface area contributed by atoms with E-state index in [0.29, 0.717) is 12.4 Å². The Morgan fingerprint density at radius 1 is 1.16 bits per heavy atom. The van der Waals surface area contributed by atoms with Crippen LogP contribution in [0.1, 0.15) is 16.7 Å². The lowest BCUT2D eigenvalue weighted by Gasteiger charge is -2.07. The van der Waals surface area contributed by atoms with Crippen molar-refractivity contribution in [3.05, 3.63) is 65.0 Å². The second kappa shape index (κ2) is 6.01. The third-order valence-electron chi connectivity index (χ3n) is 2.84.